The Bertz CT molecular complexity index is 831. The molecule has 0 saturated heterocycles. The Morgan fingerprint density at radius 1 is 1.29 bits per heavy atom. The van der Waals surface area contributed by atoms with Crippen LogP contribution in [0.2, 0.25) is 0 Å². The molecule has 0 saturated carbocycles. The van der Waals surface area contributed by atoms with E-state index in [2.05, 4.69) is 4.72 Å². The molecule has 24 heavy (non-hydrogen) atoms. The maximum Gasteiger partial charge on any atom is 0.338 e. The standard InChI is InChI=1S/C15H16N2O5S2/c1-10(14(16)18)22-15(19)11-4-2-6-13(8-11)24(20,21)17-9-12-5-3-7-23-12/h2-8,10,17H,9H2,1H3,(H2,16,18)/t10-/m0/s1. The number of nitrogens with one attached hydrogen (secondary N) is 1. The molecule has 9 heteroatoms. The van der Waals surface area contributed by atoms with Gasteiger partial charge in [0.15, 0.2) is 6.10 Å². The average molecular weight is 368 g/mol. The van der Waals surface area contributed by atoms with Gasteiger partial charge in [-0.3, -0.25) is 4.79 Å². The zero-order chi connectivity index (χ0) is 17.7. The van der Waals surface area contributed by atoms with Gasteiger partial charge in [0.05, 0.1) is 10.5 Å². The molecule has 0 bridgehead atoms. The maximum absolute atomic E-state index is 12.3. The van der Waals surface area contributed by atoms with Crippen molar-refractivity contribution in [1.29, 1.82) is 0 Å². The molecule has 0 aliphatic rings. The van der Waals surface area contributed by atoms with E-state index in [1.807, 2.05) is 17.5 Å². The van der Waals surface area contributed by atoms with Gasteiger partial charge < -0.3 is 10.5 Å². The third-order valence-corrected chi connectivity index (χ3v) is 5.36. The smallest absolute Gasteiger partial charge is 0.338 e. The van der Waals surface area contributed by atoms with E-state index < -0.39 is 28.0 Å². The Hall–Kier alpha value is -2.23. The number of benzene rings is 1. The van der Waals surface area contributed by atoms with E-state index >= 15 is 0 Å². The van der Waals surface area contributed by atoms with Gasteiger partial charge in [-0.25, -0.2) is 17.9 Å². The van der Waals surface area contributed by atoms with Gasteiger partial charge in [0, 0.05) is 11.4 Å². The zero-order valence-corrected chi connectivity index (χ0v) is 14.4. The van der Waals surface area contributed by atoms with Gasteiger partial charge in [0.2, 0.25) is 10.0 Å². The Kier molecular flexibility index (Phi) is 5.71. The number of amides is 1. The Morgan fingerprint density at radius 2 is 2.04 bits per heavy atom. The zero-order valence-electron chi connectivity index (χ0n) is 12.8. The Labute approximate surface area is 143 Å². The summed E-state index contributed by atoms with van der Waals surface area (Å²) in [6.45, 7) is 1.50. The molecule has 2 aromatic rings. The molecule has 0 aliphatic heterocycles. The van der Waals surface area contributed by atoms with Crippen molar-refractivity contribution in [3.05, 3.63) is 52.2 Å². The minimum atomic E-state index is -3.78. The lowest BCUT2D eigenvalue weighted by molar-refractivity contribution is -0.125. The lowest BCUT2D eigenvalue weighted by Crippen LogP contribution is -2.30. The SMILES string of the molecule is C[C@H](OC(=O)c1cccc(S(=O)(=O)NCc2cccs2)c1)C(N)=O. The molecule has 1 aromatic carbocycles. The number of carbonyl (C=O) groups excluding carboxylic acids is 2. The second kappa shape index (κ2) is 7.56. The number of hydrogen-bond donors (Lipinski definition) is 2. The summed E-state index contributed by atoms with van der Waals surface area (Å²) in [6, 6.07) is 9.01. The first-order valence-electron chi connectivity index (χ1n) is 6.92. The molecular weight excluding hydrogens is 352 g/mol. The third-order valence-electron chi connectivity index (χ3n) is 3.08. The number of thiophene rings is 1. The van der Waals surface area contributed by atoms with Crippen molar-refractivity contribution in [3.8, 4) is 0 Å². The Morgan fingerprint density at radius 3 is 2.67 bits per heavy atom. The van der Waals surface area contributed by atoms with Crippen LogP contribution in [0.3, 0.4) is 0 Å². The molecule has 0 spiro atoms. The topological polar surface area (TPSA) is 116 Å². The van der Waals surface area contributed by atoms with Gasteiger partial charge in [-0.1, -0.05) is 12.1 Å². The molecule has 1 amide bonds. The lowest BCUT2D eigenvalue weighted by Gasteiger charge is -2.11. The fourth-order valence-corrected chi connectivity index (χ4v) is 3.53. The number of sulfonamides is 1. The second-order valence-electron chi connectivity index (χ2n) is 4.88. The lowest BCUT2D eigenvalue weighted by atomic mass is 10.2. The van der Waals surface area contributed by atoms with Crippen LogP contribution < -0.4 is 10.5 Å². The van der Waals surface area contributed by atoms with Gasteiger partial charge in [0.25, 0.3) is 5.91 Å². The molecule has 128 valence electrons. The van der Waals surface area contributed by atoms with Gasteiger partial charge >= 0.3 is 5.97 Å². The molecule has 3 N–H and O–H groups in total. The molecule has 2 rings (SSSR count). The third kappa shape index (κ3) is 4.63. The second-order valence-corrected chi connectivity index (χ2v) is 7.68. The largest absolute Gasteiger partial charge is 0.449 e. The summed E-state index contributed by atoms with van der Waals surface area (Å²) in [5, 5.41) is 1.85. The molecule has 1 heterocycles. The minimum absolute atomic E-state index is 0.0158. The first-order chi connectivity index (χ1) is 11.3. The first-order valence-corrected chi connectivity index (χ1v) is 9.28. The number of hydrogen-bond acceptors (Lipinski definition) is 6. The van der Waals surface area contributed by atoms with Gasteiger partial charge in [-0.05, 0) is 36.6 Å². The summed E-state index contributed by atoms with van der Waals surface area (Å²) in [5.41, 5.74) is 5.04. The van der Waals surface area contributed by atoms with E-state index in [4.69, 9.17) is 10.5 Å². The molecule has 0 unspecified atom stereocenters. The number of carbonyl (C=O) groups is 2. The van der Waals surface area contributed by atoms with E-state index in [0.29, 0.717) is 0 Å². The molecule has 0 radical (unpaired) electrons. The normalized spacial score (nSPS) is 12.5. The van der Waals surface area contributed by atoms with Crippen LogP contribution in [-0.2, 0) is 26.1 Å². The van der Waals surface area contributed by atoms with E-state index in [1.54, 1.807) is 0 Å². The molecular formula is C15H16N2O5S2. The monoisotopic (exact) mass is 368 g/mol. The van der Waals surface area contributed by atoms with E-state index in [0.717, 1.165) is 4.88 Å². The van der Waals surface area contributed by atoms with E-state index in [1.165, 1.54) is 42.5 Å². The van der Waals surface area contributed by atoms with E-state index in [-0.39, 0.29) is 17.0 Å². The quantitative estimate of drug-likeness (QED) is 0.714. The number of primary amides is 1. The van der Waals surface area contributed by atoms with Crippen LogP contribution in [0.25, 0.3) is 0 Å². The van der Waals surface area contributed by atoms with Crippen molar-refractivity contribution < 1.29 is 22.7 Å². The van der Waals surface area contributed by atoms with Crippen LogP contribution in [0.5, 0.6) is 0 Å². The van der Waals surface area contributed by atoms with Crippen LogP contribution in [-0.4, -0.2) is 26.4 Å². The fourth-order valence-electron chi connectivity index (χ4n) is 1.74. The summed E-state index contributed by atoms with van der Waals surface area (Å²) in [5.74, 6) is -1.61. The average Bonchev–Trinajstić information content (AvgIpc) is 3.06. The Balaban J connectivity index is 2.13. The summed E-state index contributed by atoms with van der Waals surface area (Å²) in [6.07, 6.45) is -1.10. The highest BCUT2D eigenvalue weighted by molar-refractivity contribution is 7.89. The predicted molar refractivity (Wildman–Crippen MR) is 88.9 cm³/mol. The number of ether oxygens (including phenoxy) is 1. The van der Waals surface area contributed by atoms with Gasteiger partial charge in [-0.15, -0.1) is 11.3 Å². The van der Waals surface area contributed by atoms with Gasteiger partial charge in [-0.2, -0.15) is 0 Å². The van der Waals surface area contributed by atoms with Crippen molar-refractivity contribution in [2.75, 3.05) is 0 Å². The summed E-state index contributed by atoms with van der Waals surface area (Å²) in [7, 11) is -3.78. The van der Waals surface area contributed by atoms with Crippen LogP contribution in [0, 0.1) is 0 Å². The summed E-state index contributed by atoms with van der Waals surface area (Å²) < 4.78 is 31.9. The number of nitrogens with two attached hydrogens (primary N) is 1. The van der Waals surface area contributed by atoms with Crippen LogP contribution >= 0.6 is 11.3 Å². The highest BCUT2D eigenvalue weighted by Crippen LogP contribution is 2.15. The predicted octanol–water partition coefficient (Wildman–Crippen LogP) is 1.26. The van der Waals surface area contributed by atoms with Crippen molar-refractivity contribution in [1.82, 2.24) is 4.72 Å². The van der Waals surface area contributed by atoms with Crippen LogP contribution in [0.1, 0.15) is 22.2 Å². The van der Waals surface area contributed by atoms with Gasteiger partial charge in [0.1, 0.15) is 0 Å². The highest BCUT2D eigenvalue weighted by Gasteiger charge is 2.19. The van der Waals surface area contributed by atoms with Crippen molar-refractivity contribution >= 4 is 33.2 Å². The van der Waals surface area contributed by atoms with Crippen molar-refractivity contribution in [3.63, 3.8) is 0 Å². The van der Waals surface area contributed by atoms with Crippen LogP contribution in [0.4, 0.5) is 0 Å². The van der Waals surface area contributed by atoms with Crippen LogP contribution in [0.15, 0.2) is 46.7 Å². The summed E-state index contributed by atoms with van der Waals surface area (Å²) in [4.78, 5) is 23.7. The maximum atomic E-state index is 12.3. The first kappa shape index (κ1) is 18.1. The highest BCUT2D eigenvalue weighted by atomic mass is 32.2. The molecule has 0 aliphatic carbocycles. The summed E-state index contributed by atoms with van der Waals surface area (Å²) >= 11 is 1.43. The molecule has 1 aromatic heterocycles. The molecule has 0 fully saturated rings. The number of rotatable bonds is 7. The molecule has 1 atom stereocenters. The molecule has 7 nitrogen and oxygen atoms in total. The van der Waals surface area contributed by atoms with Crippen molar-refractivity contribution in [2.45, 2.75) is 24.5 Å². The fraction of sp³-hybridized carbons (Fsp3) is 0.200. The minimum Gasteiger partial charge on any atom is -0.449 e. The van der Waals surface area contributed by atoms with E-state index in [9.17, 15) is 18.0 Å². The van der Waals surface area contributed by atoms with Crippen molar-refractivity contribution in [2.24, 2.45) is 5.73 Å². The number of esters is 1.